The van der Waals surface area contributed by atoms with Gasteiger partial charge in [-0.25, -0.2) is 0 Å². The van der Waals surface area contributed by atoms with Crippen LogP contribution >= 0.6 is 0 Å². The van der Waals surface area contributed by atoms with Gasteiger partial charge in [-0.15, -0.1) is 0 Å². The first-order chi connectivity index (χ1) is 33.5. The molecule has 1 atom stereocenters. The van der Waals surface area contributed by atoms with Crippen molar-refractivity contribution in [3.63, 3.8) is 0 Å². The molecule has 0 rings (SSSR count). The summed E-state index contributed by atoms with van der Waals surface area (Å²) in [5, 5.41) is 0. The summed E-state index contributed by atoms with van der Waals surface area (Å²) in [6, 6.07) is 0. The maximum Gasteiger partial charge on any atom is 0.306 e. The molecule has 0 radical (unpaired) electrons. The van der Waals surface area contributed by atoms with Gasteiger partial charge in [-0.05, 0) is 19.3 Å². The first-order valence-corrected chi connectivity index (χ1v) is 31.0. The molecule has 0 fully saturated rings. The molecular weight excluding hydrogens is 841 g/mol. The molecule has 0 N–H and O–H groups in total. The van der Waals surface area contributed by atoms with Crippen molar-refractivity contribution in [1.29, 1.82) is 0 Å². The van der Waals surface area contributed by atoms with Gasteiger partial charge in [0.1, 0.15) is 13.2 Å². The van der Waals surface area contributed by atoms with Gasteiger partial charge in [-0.1, -0.05) is 323 Å². The Hall–Kier alpha value is -1.59. The lowest BCUT2D eigenvalue weighted by Gasteiger charge is -2.18. The molecule has 0 aliphatic rings. The van der Waals surface area contributed by atoms with Crippen LogP contribution in [0.25, 0.3) is 0 Å². The molecule has 0 aromatic carbocycles. The third-order valence-electron chi connectivity index (χ3n) is 14.4. The predicted molar refractivity (Wildman–Crippen MR) is 294 cm³/mol. The number of unbranched alkanes of at least 4 members (excludes halogenated alkanes) is 47. The van der Waals surface area contributed by atoms with Gasteiger partial charge in [-0.2, -0.15) is 0 Å². The van der Waals surface area contributed by atoms with E-state index in [1.54, 1.807) is 0 Å². The van der Waals surface area contributed by atoms with Gasteiger partial charge in [0.05, 0.1) is 0 Å². The monoisotopic (exact) mass is 961 g/mol. The summed E-state index contributed by atoms with van der Waals surface area (Å²) in [6.45, 7) is 6.72. The number of esters is 3. The molecule has 0 aliphatic heterocycles. The minimum absolute atomic E-state index is 0.0608. The van der Waals surface area contributed by atoms with Crippen molar-refractivity contribution in [3.05, 3.63) is 0 Å². The van der Waals surface area contributed by atoms with Crippen LogP contribution < -0.4 is 0 Å². The van der Waals surface area contributed by atoms with Gasteiger partial charge in [0.25, 0.3) is 0 Å². The SMILES string of the molecule is CCCCCCCCCCCCCCCCCCCCCCCCC(=O)OCC(COC(=O)CCCCCCCCCCCCCC)OC(=O)CCCCCCCCCCCCCCCCCC. The molecule has 0 spiro atoms. The highest BCUT2D eigenvalue weighted by atomic mass is 16.6. The molecule has 404 valence electrons. The van der Waals surface area contributed by atoms with E-state index in [2.05, 4.69) is 20.8 Å². The van der Waals surface area contributed by atoms with Gasteiger partial charge < -0.3 is 14.2 Å². The summed E-state index contributed by atoms with van der Waals surface area (Å²) in [5.41, 5.74) is 0. The van der Waals surface area contributed by atoms with Crippen molar-refractivity contribution in [3.8, 4) is 0 Å². The Kier molecular flexibility index (Phi) is 56.6. The van der Waals surface area contributed by atoms with Crippen LogP contribution in [0.5, 0.6) is 0 Å². The molecule has 0 saturated carbocycles. The number of rotatable bonds is 58. The van der Waals surface area contributed by atoms with Crippen LogP contribution in [0.4, 0.5) is 0 Å². The maximum atomic E-state index is 12.9. The molecule has 0 amide bonds. The van der Waals surface area contributed by atoms with E-state index in [1.807, 2.05) is 0 Å². The summed E-state index contributed by atoms with van der Waals surface area (Å²) in [6.07, 6.45) is 65.3. The van der Waals surface area contributed by atoms with E-state index in [0.717, 1.165) is 57.8 Å². The Morgan fingerprint density at radius 1 is 0.235 bits per heavy atom. The zero-order valence-electron chi connectivity index (χ0n) is 46.4. The zero-order valence-corrected chi connectivity index (χ0v) is 46.4. The molecule has 1 unspecified atom stereocenters. The highest BCUT2D eigenvalue weighted by Crippen LogP contribution is 2.18. The molecule has 68 heavy (non-hydrogen) atoms. The minimum Gasteiger partial charge on any atom is -0.462 e. The number of ether oxygens (including phenoxy) is 3. The summed E-state index contributed by atoms with van der Waals surface area (Å²) in [5.74, 6) is -0.829. The standard InChI is InChI=1S/C62H120O6/c1-4-7-10-13-16-19-22-25-27-29-30-31-32-33-34-36-37-40-43-46-49-52-55-61(64)67-58-59(57-66-60(63)54-51-48-45-42-39-24-21-18-15-12-9-6-3)68-62(65)56-53-50-47-44-41-38-35-28-26-23-20-17-14-11-8-5-2/h59H,4-58H2,1-3H3. The van der Waals surface area contributed by atoms with Crippen LogP contribution in [-0.2, 0) is 28.6 Å². The lowest BCUT2D eigenvalue weighted by molar-refractivity contribution is -0.167. The van der Waals surface area contributed by atoms with Crippen molar-refractivity contribution in [2.45, 2.75) is 367 Å². The smallest absolute Gasteiger partial charge is 0.306 e. The van der Waals surface area contributed by atoms with Crippen molar-refractivity contribution >= 4 is 17.9 Å². The largest absolute Gasteiger partial charge is 0.462 e. The van der Waals surface area contributed by atoms with E-state index >= 15 is 0 Å². The Morgan fingerprint density at radius 2 is 0.397 bits per heavy atom. The fourth-order valence-electron chi connectivity index (χ4n) is 9.68. The normalized spacial score (nSPS) is 11.9. The number of hydrogen-bond acceptors (Lipinski definition) is 6. The van der Waals surface area contributed by atoms with E-state index in [0.29, 0.717) is 19.3 Å². The summed E-state index contributed by atoms with van der Waals surface area (Å²) < 4.78 is 16.9. The Labute approximate surface area is 425 Å². The molecule has 6 nitrogen and oxygen atoms in total. The van der Waals surface area contributed by atoms with Gasteiger partial charge in [0.2, 0.25) is 0 Å². The predicted octanol–water partition coefficient (Wildman–Crippen LogP) is 20.7. The number of hydrogen-bond donors (Lipinski definition) is 0. The zero-order chi connectivity index (χ0) is 49.3. The van der Waals surface area contributed by atoms with Crippen LogP contribution in [-0.4, -0.2) is 37.2 Å². The lowest BCUT2D eigenvalue weighted by Crippen LogP contribution is -2.30. The average molecular weight is 962 g/mol. The fraction of sp³-hybridized carbons (Fsp3) is 0.952. The fourth-order valence-corrected chi connectivity index (χ4v) is 9.68. The van der Waals surface area contributed by atoms with Crippen molar-refractivity contribution in [2.24, 2.45) is 0 Å². The van der Waals surface area contributed by atoms with Crippen LogP contribution in [0.3, 0.4) is 0 Å². The molecular formula is C62H120O6. The number of carbonyl (C=O) groups excluding carboxylic acids is 3. The summed E-state index contributed by atoms with van der Waals surface area (Å²) in [4.78, 5) is 38.2. The first kappa shape index (κ1) is 66.4. The molecule has 0 bridgehead atoms. The van der Waals surface area contributed by atoms with E-state index < -0.39 is 6.10 Å². The van der Waals surface area contributed by atoms with E-state index in [-0.39, 0.29) is 31.1 Å². The van der Waals surface area contributed by atoms with Crippen LogP contribution in [0, 0.1) is 0 Å². The second-order valence-electron chi connectivity index (χ2n) is 21.3. The summed E-state index contributed by atoms with van der Waals surface area (Å²) >= 11 is 0. The van der Waals surface area contributed by atoms with E-state index in [1.165, 1.54) is 263 Å². The maximum absolute atomic E-state index is 12.9. The van der Waals surface area contributed by atoms with Crippen LogP contribution in [0.1, 0.15) is 361 Å². The van der Waals surface area contributed by atoms with Crippen molar-refractivity contribution < 1.29 is 28.6 Å². The summed E-state index contributed by atoms with van der Waals surface area (Å²) in [7, 11) is 0. The quantitative estimate of drug-likeness (QED) is 0.0343. The second-order valence-corrected chi connectivity index (χ2v) is 21.3. The van der Waals surface area contributed by atoms with Gasteiger partial charge in [0.15, 0.2) is 6.10 Å². The Morgan fingerprint density at radius 3 is 0.588 bits per heavy atom. The number of carbonyl (C=O) groups is 3. The third kappa shape index (κ3) is 55.3. The topological polar surface area (TPSA) is 78.9 Å². The van der Waals surface area contributed by atoms with Crippen LogP contribution in [0.15, 0.2) is 0 Å². The second kappa shape index (κ2) is 58.0. The molecule has 6 heteroatoms. The molecule has 0 heterocycles. The van der Waals surface area contributed by atoms with Gasteiger partial charge >= 0.3 is 17.9 Å². The minimum atomic E-state index is -0.761. The van der Waals surface area contributed by atoms with Gasteiger partial charge in [0, 0.05) is 19.3 Å². The molecule has 0 aliphatic carbocycles. The molecule has 0 aromatic rings. The lowest BCUT2D eigenvalue weighted by atomic mass is 10.0. The highest BCUT2D eigenvalue weighted by Gasteiger charge is 2.19. The van der Waals surface area contributed by atoms with Crippen LogP contribution in [0.2, 0.25) is 0 Å². The third-order valence-corrected chi connectivity index (χ3v) is 14.4. The van der Waals surface area contributed by atoms with Gasteiger partial charge in [-0.3, -0.25) is 14.4 Å². The average Bonchev–Trinajstić information content (AvgIpc) is 3.34. The van der Waals surface area contributed by atoms with Crippen molar-refractivity contribution in [2.75, 3.05) is 13.2 Å². The van der Waals surface area contributed by atoms with E-state index in [4.69, 9.17) is 14.2 Å². The highest BCUT2D eigenvalue weighted by molar-refractivity contribution is 5.71. The Balaban J connectivity index is 4.21. The Bertz CT molecular complexity index is 1010. The first-order valence-electron chi connectivity index (χ1n) is 31.0. The van der Waals surface area contributed by atoms with E-state index in [9.17, 15) is 14.4 Å². The molecule has 0 aromatic heterocycles. The van der Waals surface area contributed by atoms with Crippen molar-refractivity contribution in [1.82, 2.24) is 0 Å². The molecule has 0 saturated heterocycles.